The van der Waals surface area contributed by atoms with Gasteiger partial charge in [0.15, 0.2) is 11.5 Å². The molecule has 0 radical (unpaired) electrons. The Hall–Kier alpha value is -3.81. The van der Waals surface area contributed by atoms with Crippen molar-refractivity contribution in [3.63, 3.8) is 0 Å². The van der Waals surface area contributed by atoms with E-state index in [-0.39, 0.29) is 5.69 Å². The average molecular weight is 381 g/mol. The van der Waals surface area contributed by atoms with Crippen molar-refractivity contribution < 1.29 is 18.8 Å². The third-order valence-corrected chi connectivity index (χ3v) is 3.98. The van der Waals surface area contributed by atoms with Crippen LogP contribution in [0.4, 0.5) is 5.69 Å². The lowest BCUT2D eigenvalue weighted by Crippen LogP contribution is -2.05. The number of ether oxygens (including phenoxy) is 2. The maximum absolute atomic E-state index is 10.9. The molecule has 0 bridgehead atoms. The number of hydrogen-bond donors (Lipinski definition) is 1. The van der Waals surface area contributed by atoms with E-state index in [4.69, 9.17) is 13.9 Å². The molecule has 144 valence electrons. The predicted molar refractivity (Wildman–Crippen MR) is 105 cm³/mol. The molecule has 2 aromatic carbocycles. The summed E-state index contributed by atoms with van der Waals surface area (Å²) in [6.07, 6.45) is 1.54. The number of nitrogens with one attached hydrogen (secondary N) is 1. The minimum Gasteiger partial charge on any atom is -0.493 e. The monoisotopic (exact) mass is 381 g/mol. The van der Waals surface area contributed by atoms with Crippen molar-refractivity contribution in [1.29, 1.82) is 0 Å². The van der Waals surface area contributed by atoms with Crippen LogP contribution in [-0.4, -0.2) is 25.4 Å². The van der Waals surface area contributed by atoms with Crippen molar-refractivity contribution in [2.75, 3.05) is 14.2 Å². The lowest BCUT2D eigenvalue weighted by molar-refractivity contribution is -0.384. The molecule has 0 spiro atoms. The molecule has 8 nitrogen and oxygen atoms in total. The molecule has 1 heterocycles. The van der Waals surface area contributed by atoms with Gasteiger partial charge in [-0.1, -0.05) is 18.2 Å². The number of rotatable bonds is 8. The fourth-order valence-corrected chi connectivity index (χ4v) is 2.59. The fourth-order valence-electron chi connectivity index (χ4n) is 2.59. The van der Waals surface area contributed by atoms with E-state index in [1.165, 1.54) is 12.1 Å². The number of nitro groups is 1. The van der Waals surface area contributed by atoms with Crippen LogP contribution in [0.3, 0.4) is 0 Å². The van der Waals surface area contributed by atoms with Crippen molar-refractivity contribution >= 4 is 11.9 Å². The maximum atomic E-state index is 10.9. The zero-order valence-corrected chi connectivity index (χ0v) is 15.4. The van der Waals surface area contributed by atoms with Gasteiger partial charge in [0.25, 0.3) is 5.69 Å². The zero-order chi connectivity index (χ0) is 19.9. The Bertz CT molecular complexity index is 997. The van der Waals surface area contributed by atoms with Gasteiger partial charge in [-0.2, -0.15) is 5.10 Å². The Balaban J connectivity index is 1.62. The smallest absolute Gasteiger partial charge is 0.270 e. The number of hydrazone groups is 1. The van der Waals surface area contributed by atoms with Gasteiger partial charge in [0.2, 0.25) is 0 Å². The van der Waals surface area contributed by atoms with Gasteiger partial charge in [-0.25, -0.2) is 0 Å². The van der Waals surface area contributed by atoms with E-state index in [1.807, 2.05) is 18.2 Å². The molecular formula is C20H19N3O5. The summed E-state index contributed by atoms with van der Waals surface area (Å²) in [5.41, 5.74) is 4.56. The lowest BCUT2D eigenvalue weighted by atomic mass is 10.1. The van der Waals surface area contributed by atoms with Crippen LogP contribution in [0.25, 0.3) is 11.3 Å². The van der Waals surface area contributed by atoms with E-state index >= 15 is 0 Å². The van der Waals surface area contributed by atoms with Crippen molar-refractivity contribution in [1.82, 2.24) is 5.43 Å². The van der Waals surface area contributed by atoms with Gasteiger partial charge in [-0.15, -0.1) is 0 Å². The Kier molecular flexibility index (Phi) is 5.91. The van der Waals surface area contributed by atoms with Gasteiger partial charge in [-0.05, 0) is 29.8 Å². The second kappa shape index (κ2) is 8.72. The van der Waals surface area contributed by atoms with E-state index in [0.29, 0.717) is 35.1 Å². The highest BCUT2D eigenvalue weighted by Crippen LogP contribution is 2.27. The molecule has 0 aliphatic carbocycles. The molecule has 0 atom stereocenters. The van der Waals surface area contributed by atoms with E-state index < -0.39 is 4.92 Å². The van der Waals surface area contributed by atoms with E-state index in [9.17, 15) is 10.1 Å². The number of non-ortho nitro benzene ring substituents is 1. The SMILES string of the molecule is COc1ccc(CN/N=C\c2ccc(-c3cccc([N+](=O)[O-])c3)o2)cc1OC. The number of furan rings is 1. The van der Waals surface area contributed by atoms with Crippen LogP contribution in [0, 0.1) is 10.1 Å². The second-order valence-electron chi connectivity index (χ2n) is 5.79. The summed E-state index contributed by atoms with van der Waals surface area (Å²) in [7, 11) is 3.17. The molecule has 28 heavy (non-hydrogen) atoms. The minimum absolute atomic E-state index is 0.0145. The van der Waals surface area contributed by atoms with Crippen molar-refractivity contribution in [3.8, 4) is 22.8 Å². The van der Waals surface area contributed by atoms with Crippen LogP contribution in [-0.2, 0) is 6.54 Å². The normalized spacial score (nSPS) is 10.8. The van der Waals surface area contributed by atoms with Crippen LogP contribution < -0.4 is 14.9 Å². The van der Waals surface area contributed by atoms with E-state index in [1.54, 1.807) is 44.7 Å². The molecule has 1 N–H and O–H groups in total. The number of nitro benzene ring substituents is 1. The summed E-state index contributed by atoms with van der Waals surface area (Å²) >= 11 is 0. The summed E-state index contributed by atoms with van der Waals surface area (Å²) in [5.74, 6) is 2.38. The molecule has 0 saturated heterocycles. The van der Waals surface area contributed by atoms with Crippen LogP contribution >= 0.6 is 0 Å². The molecule has 0 unspecified atom stereocenters. The largest absolute Gasteiger partial charge is 0.493 e. The quantitative estimate of drug-likeness (QED) is 0.360. The number of hydrogen-bond acceptors (Lipinski definition) is 7. The van der Waals surface area contributed by atoms with Gasteiger partial charge < -0.3 is 19.3 Å². The third-order valence-electron chi connectivity index (χ3n) is 3.98. The predicted octanol–water partition coefficient (Wildman–Crippen LogP) is 4.00. The highest BCUT2D eigenvalue weighted by Gasteiger charge is 2.09. The van der Waals surface area contributed by atoms with Gasteiger partial charge in [-0.3, -0.25) is 10.1 Å². The van der Waals surface area contributed by atoms with Crippen molar-refractivity contribution in [3.05, 3.63) is 76.0 Å². The topological polar surface area (TPSA) is 99.1 Å². The van der Waals surface area contributed by atoms with Crippen LogP contribution in [0.2, 0.25) is 0 Å². The standard InChI is InChI=1S/C20H19N3O5/c1-26-19-8-6-14(10-20(19)27-2)12-21-22-13-17-7-9-18(28-17)15-4-3-5-16(11-15)23(24)25/h3-11,13,21H,12H2,1-2H3/b22-13-. The van der Waals surface area contributed by atoms with Crippen LogP contribution in [0.1, 0.15) is 11.3 Å². The highest BCUT2D eigenvalue weighted by atomic mass is 16.6. The highest BCUT2D eigenvalue weighted by molar-refractivity contribution is 5.77. The maximum Gasteiger partial charge on any atom is 0.270 e. The Morgan fingerprint density at radius 2 is 1.93 bits per heavy atom. The molecular weight excluding hydrogens is 362 g/mol. The van der Waals surface area contributed by atoms with Crippen molar-refractivity contribution in [2.45, 2.75) is 6.54 Å². The molecule has 0 saturated carbocycles. The zero-order valence-electron chi connectivity index (χ0n) is 15.4. The number of methoxy groups -OCH3 is 2. The number of nitrogens with zero attached hydrogens (tertiary/aromatic N) is 2. The average Bonchev–Trinajstić information content (AvgIpc) is 3.20. The molecule has 0 aliphatic heterocycles. The van der Waals surface area contributed by atoms with E-state index in [0.717, 1.165) is 5.56 Å². The van der Waals surface area contributed by atoms with Crippen molar-refractivity contribution in [2.24, 2.45) is 5.10 Å². The molecule has 3 aromatic rings. The first kappa shape index (κ1) is 19.0. The lowest BCUT2D eigenvalue weighted by Gasteiger charge is -2.09. The molecule has 0 aliphatic rings. The Labute approximate surface area is 161 Å². The fraction of sp³-hybridized carbons (Fsp3) is 0.150. The minimum atomic E-state index is -0.438. The first-order valence-electron chi connectivity index (χ1n) is 8.42. The van der Waals surface area contributed by atoms with Gasteiger partial charge in [0.1, 0.15) is 11.5 Å². The summed E-state index contributed by atoms with van der Waals surface area (Å²) in [6, 6.07) is 15.4. The van der Waals surface area contributed by atoms with E-state index in [2.05, 4.69) is 10.5 Å². The van der Waals surface area contributed by atoms with Gasteiger partial charge in [0, 0.05) is 17.7 Å². The summed E-state index contributed by atoms with van der Waals surface area (Å²) in [5, 5.41) is 15.0. The van der Waals surface area contributed by atoms with Gasteiger partial charge in [0.05, 0.1) is 31.9 Å². The number of benzene rings is 2. The first-order chi connectivity index (χ1) is 13.6. The third kappa shape index (κ3) is 4.47. The molecule has 1 aromatic heterocycles. The molecule has 3 rings (SSSR count). The summed E-state index contributed by atoms with van der Waals surface area (Å²) in [4.78, 5) is 10.5. The molecule has 0 fully saturated rings. The Morgan fingerprint density at radius 3 is 2.68 bits per heavy atom. The second-order valence-corrected chi connectivity index (χ2v) is 5.79. The molecule has 8 heteroatoms. The molecule has 0 amide bonds. The van der Waals surface area contributed by atoms with Crippen LogP contribution in [0.5, 0.6) is 11.5 Å². The first-order valence-corrected chi connectivity index (χ1v) is 8.42. The summed E-state index contributed by atoms with van der Waals surface area (Å²) < 4.78 is 16.2. The Morgan fingerprint density at radius 1 is 1.11 bits per heavy atom. The van der Waals surface area contributed by atoms with Crippen LogP contribution in [0.15, 0.2) is 64.1 Å². The van der Waals surface area contributed by atoms with Gasteiger partial charge >= 0.3 is 0 Å². The summed E-state index contributed by atoms with van der Waals surface area (Å²) in [6.45, 7) is 0.495.